The molecule has 0 unspecified atom stereocenters. The second-order valence-corrected chi connectivity index (χ2v) is 2.80. The summed E-state index contributed by atoms with van der Waals surface area (Å²) in [6, 6.07) is 0. The van der Waals surface area contributed by atoms with Gasteiger partial charge in [0.1, 0.15) is 0 Å². The maximum Gasteiger partial charge on any atom is 0.303 e. The largest absolute Gasteiger partial charge is 0.481 e. The van der Waals surface area contributed by atoms with E-state index in [1.807, 2.05) is 6.92 Å². The number of ether oxygens (including phenoxy) is 1. The Balaban J connectivity index is 2.87. The fourth-order valence-electron chi connectivity index (χ4n) is 0.933. The Morgan fingerprint density at radius 2 is 2.08 bits per heavy atom. The SMILES string of the molecule is CCOCCCNCCCC(=O)O. The first kappa shape index (κ1) is 12.4. The second-order valence-electron chi connectivity index (χ2n) is 2.80. The predicted molar refractivity (Wildman–Crippen MR) is 50.8 cm³/mol. The highest BCUT2D eigenvalue weighted by Crippen LogP contribution is 1.86. The molecule has 78 valence electrons. The van der Waals surface area contributed by atoms with Crippen molar-refractivity contribution < 1.29 is 14.6 Å². The van der Waals surface area contributed by atoms with Gasteiger partial charge in [-0.05, 0) is 32.9 Å². The average Bonchev–Trinajstić information content (AvgIpc) is 2.09. The molecule has 0 aliphatic rings. The lowest BCUT2D eigenvalue weighted by Gasteiger charge is -2.03. The number of carboxylic acids is 1. The summed E-state index contributed by atoms with van der Waals surface area (Å²) in [5.41, 5.74) is 0. The molecule has 0 spiro atoms. The first-order valence-electron chi connectivity index (χ1n) is 4.77. The lowest BCUT2D eigenvalue weighted by molar-refractivity contribution is -0.137. The van der Waals surface area contributed by atoms with Gasteiger partial charge in [-0.25, -0.2) is 0 Å². The second kappa shape index (κ2) is 9.48. The van der Waals surface area contributed by atoms with E-state index in [-0.39, 0.29) is 6.42 Å². The van der Waals surface area contributed by atoms with Gasteiger partial charge in [0.2, 0.25) is 0 Å². The molecule has 0 aromatic rings. The zero-order valence-corrected chi connectivity index (χ0v) is 8.21. The van der Waals surface area contributed by atoms with Crippen LogP contribution < -0.4 is 5.32 Å². The zero-order chi connectivity index (χ0) is 9.94. The fourth-order valence-corrected chi connectivity index (χ4v) is 0.933. The minimum atomic E-state index is -0.726. The summed E-state index contributed by atoms with van der Waals surface area (Å²) in [6.45, 7) is 5.19. The molecule has 0 aliphatic heterocycles. The predicted octanol–water partition coefficient (Wildman–Crippen LogP) is 0.867. The summed E-state index contributed by atoms with van der Waals surface area (Å²) in [7, 11) is 0. The van der Waals surface area contributed by atoms with Crippen LogP contribution in [-0.2, 0) is 9.53 Å². The summed E-state index contributed by atoms with van der Waals surface area (Å²) in [5, 5.41) is 11.5. The van der Waals surface area contributed by atoms with Crippen LogP contribution in [0, 0.1) is 0 Å². The summed E-state index contributed by atoms with van der Waals surface area (Å²) in [6.07, 6.45) is 1.93. The van der Waals surface area contributed by atoms with Crippen molar-refractivity contribution in [1.82, 2.24) is 5.32 Å². The Morgan fingerprint density at radius 3 is 2.69 bits per heavy atom. The van der Waals surface area contributed by atoms with Crippen molar-refractivity contribution in [3.63, 3.8) is 0 Å². The van der Waals surface area contributed by atoms with E-state index in [0.717, 1.165) is 32.7 Å². The monoisotopic (exact) mass is 189 g/mol. The third kappa shape index (κ3) is 11.4. The molecular formula is C9H19NO3. The van der Waals surface area contributed by atoms with Gasteiger partial charge in [-0.3, -0.25) is 4.79 Å². The van der Waals surface area contributed by atoms with Crippen molar-refractivity contribution >= 4 is 5.97 Å². The number of rotatable bonds is 9. The number of hydrogen-bond acceptors (Lipinski definition) is 3. The molecule has 0 fully saturated rings. The highest BCUT2D eigenvalue weighted by Gasteiger charge is 1.95. The highest BCUT2D eigenvalue weighted by molar-refractivity contribution is 5.66. The van der Waals surface area contributed by atoms with Crippen LogP contribution in [0.2, 0.25) is 0 Å². The van der Waals surface area contributed by atoms with Crippen molar-refractivity contribution in [2.75, 3.05) is 26.3 Å². The van der Waals surface area contributed by atoms with Crippen molar-refractivity contribution in [3.05, 3.63) is 0 Å². The molecule has 0 saturated carbocycles. The molecule has 0 heterocycles. The Bertz CT molecular complexity index is 128. The van der Waals surface area contributed by atoms with Crippen LogP contribution in [0.3, 0.4) is 0 Å². The van der Waals surface area contributed by atoms with E-state index in [2.05, 4.69) is 5.32 Å². The topological polar surface area (TPSA) is 58.6 Å². The highest BCUT2D eigenvalue weighted by atomic mass is 16.5. The van der Waals surface area contributed by atoms with Crippen LogP contribution in [0.15, 0.2) is 0 Å². The van der Waals surface area contributed by atoms with Gasteiger partial charge in [0.25, 0.3) is 0 Å². The lowest BCUT2D eigenvalue weighted by atomic mass is 10.3. The van der Waals surface area contributed by atoms with E-state index in [9.17, 15) is 4.79 Å². The Morgan fingerprint density at radius 1 is 1.38 bits per heavy atom. The summed E-state index contributed by atoms with van der Waals surface area (Å²) < 4.78 is 5.14. The molecule has 13 heavy (non-hydrogen) atoms. The van der Waals surface area contributed by atoms with Crippen molar-refractivity contribution in [2.24, 2.45) is 0 Å². The summed E-state index contributed by atoms with van der Waals surface area (Å²) >= 11 is 0. The maximum absolute atomic E-state index is 10.1. The Kier molecular flexibility index (Phi) is 9.03. The van der Waals surface area contributed by atoms with Crippen LogP contribution in [0.4, 0.5) is 0 Å². The van der Waals surface area contributed by atoms with Gasteiger partial charge in [0, 0.05) is 19.6 Å². The van der Waals surface area contributed by atoms with Gasteiger partial charge >= 0.3 is 5.97 Å². The minimum absolute atomic E-state index is 0.248. The summed E-state index contributed by atoms with van der Waals surface area (Å²) in [5.74, 6) is -0.726. The van der Waals surface area contributed by atoms with Gasteiger partial charge < -0.3 is 15.2 Å². The van der Waals surface area contributed by atoms with Crippen LogP contribution in [-0.4, -0.2) is 37.4 Å². The molecule has 0 aromatic carbocycles. The van der Waals surface area contributed by atoms with E-state index in [1.165, 1.54) is 0 Å². The number of carboxylic acid groups (broad SMARTS) is 1. The number of carbonyl (C=O) groups is 1. The van der Waals surface area contributed by atoms with E-state index >= 15 is 0 Å². The molecule has 0 atom stereocenters. The van der Waals surface area contributed by atoms with Gasteiger partial charge in [-0.1, -0.05) is 0 Å². The van der Waals surface area contributed by atoms with Crippen molar-refractivity contribution in [2.45, 2.75) is 26.2 Å². The van der Waals surface area contributed by atoms with Crippen molar-refractivity contribution in [3.8, 4) is 0 Å². The lowest BCUT2D eigenvalue weighted by Crippen LogP contribution is -2.18. The molecule has 0 amide bonds. The van der Waals surface area contributed by atoms with Crippen LogP contribution in [0.5, 0.6) is 0 Å². The maximum atomic E-state index is 10.1. The Labute approximate surface area is 79.3 Å². The van der Waals surface area contributed by atoms with Crippen LogP contribution >= 0.6 is 0 Å². The first-order chi connectivity index (χ1) is 6.27. The number of hydrogen-bond donors (Lipinski definition) is 2. The molecule has 0 aliphatic carbocycles. The van der Waals surface area contributed by atoms with Gasteiger partial charge in [0.15, 0.2) is 0 Å². The molecule has 0 saturated heterocycles. The van der Waals surface area contributed by atoms with Crippen molar-refractivity contribution in [1.29, 1.82) is 0 Å². The molecule has 0 aromatic heterocycles. The summed E-state index contributed by atoms with van der Waals surface area (Å²) in [4.78, 5) is 10.1. The molecule has 2 N–H and O–H groups in total. The molecule has 4 heteroatoms. The molecular weight excluding hydrogens is 170 g/mol. The third-order valence-electron chi connectivity index (χ3n) is 1.59. The molecule has 4 nitrogen and oxygen atoms in total. The smallest absolute Gasteiger partial charge is 0.303 e. The van der Waals surface area contributed by atoms with E-state index in [4.69, 9.17) is 9.84 Å². The fraction of sp³-hybridized carbons (Fsp3) is 0.889. The van der Waals surface area contributed by atoms with Gasteiger partial charge in [0.05, 0.1) is 0 Å². The van der Waals surface area contributed by atoms with E-state index in [0.29, 0.717) is 6.42 Å². The quantitative estimate of drug-likeness (QED) is 0.528. The normalized spacial score (nSPS) is 10.2. The number of aliphatic carboxylic acids is 1. The number of nitrogens with one attached hydrogen (secondary N) is 1. The minimum Gasteiger partial charge on any atom is -0.481 e. The van der Waals surface area contributed by atoms with Crippen LogP contribution in [0.1, 0.15) is 26.2 Å². The van der Waals surface area contributed by atoms with E-state index in [1.54, 1.807) is 0 Å². The average molecular weight is 189 g/mol. The first-order valence-corrected chi connectivity index (χ1v) is 4.77. The molecule has 0 radical (unpaired) electrons. The molecule has 0 bridgehead atoms. The third-order valence-corrected chi connectivity index (χ3v) is 1.59. The van der Waals surface area contributed by atoms with E-state index < -0.39 is 5.97 Å². The zero-order valence-electron chi connectivity index (χ0n) is 8.21. The Hall–Kier alpha value is -0.610. The standard InChI is InChI=1S/C9H19NO3/c1-2-13-8-4-7-10-6-3-5-9(11)12/h10H,2-8H2,1H3,(H,11,12). The van der Waals surface area contributed by atoms with Gasteiger partial charge in [-0.2, -0.15) is 0 Å². The van der Waals surface area contributed by atoms with Gasteiger partial charge in [-0.15, -0.1) is 0 Å². The molecule has 0 rings (SSSR count). The van der Waals surface area contributed by atoms with Crippen LogP contribution in [0.25, 0.3) is 0 Å².